The van der Waals surface area contributed by atoms with Crippen molar-refractivity contribution in [3.05, 3.63) is 96.1 Å². The van der Waals surface area contributed by atoms with Crippen molar-refractivity contribution in [3.63, 3.8) is 0 Å². The van der Waals surface area contributed by atoms with Gasteiger partial charge in [0.15, 0.2) is 0 Å². The number of hydrogen-bond donors (Lipinski definition) is 1. The van der Waals surface area contributed by atoms with Gasteiger partial charge in [0.25, 0.3) is 11.8 Å². The van der Waals surface area contributed by atoms with Gasteiger partial charge in [-0.15, -0.1) is 0 Å². The van der Waals surface area contributed by atoms with Crippen LogP contribution in [0.2, 0.25) is 0 Å². The topological polar surface area (TPSA) is 82.2 Å². The number of para-hydroxylation sites is 1. The summed E-state index contributed by atoms with van der Waals surface area (Å²) in [5.41, 5.74) is 1.74. The highest BCUT2D eigenvalue weighted by molar-refractivity contribution is 5.97. The number of hydrogen-bond acceptors (Lipinski definition) is 5. The zero-order valence-electron chi connectivity index (χ0n) is 21.5. The van der Waals surface area contributed by atoms with Gasteiger partial charge in [0.1, 0.15) is 17.8 Å². The third-order valence-electron chi connectivity index (χ3n) is 7.46. The number of ether oxygens (including phenoxy) is 1. The Bertz CT molecular complexity index is 1270. The van der Waals surface area contributed by atoms with Gasteiger partial charge in [0, 0.05) is 30.9 Å². The minimum absolute atomic E-state index is 0.00869. The van der Waals surface area contributed by atoms with Crippen LogP contribution in [-0.2, 0) is 16.1 Å². The molecule has 0 radical (unpaired) electrons. The molecule has 0 aromatic heterocycles. The lowest BCUT2D eigenvalue weighted by molar-refractivity contribution is -0.137. The van der Waals surface area contributed by atoms with E-state index in [4.69, 9.17) is 4.74 Å². The first kappa shape index (κ1) is 25.3. The van der Waals surface area contributed by atoms with E-state index in [1.807, 2.05) is 60.7 Å². The van der Waals surface area contributed by atoms with Crippen LogP contribution in [0.25, 0.3) is 0 Å². The van der Waals surface area contributed by atoms with Crippen molar-refractivity contribution in [1.82, 2.24) is 15.1 Å². The van der Waals surface area contributed by atoms with Gasteiger partial charge in [-0.25, -0.2) is 0 Å². The van der Waals surface area contributed by atoms with E-state index in [0.717, 1.165) is 11.3 Å². The molecule has 8 nitrogen and oxygen atoms in total. The largest absolute Gasteiger partial charge is 0.497 e. The monoisotopic (exact) mass is 512 g/mol. The number of methoxy groups -OCH3 is 1. The molecule has 0 atom stereocenters. The molecule has 2 fully saturated rings. The van der Waals surface area contributed by atoms with Crippen LogP contribution in [0, 0.1) is 0 Å². The Balaban J connectivity index is 1.29. The second kappa shape index (κ2) is 11.0. The van der Waals surface area contributed by atoms with Crippen LogP contribution in [-0.4, -0.2) is 66.5 Å². The fourth-order valence-corrected chi connectivity index (χ4v) is 5.34. The number of piperidine rings is 1. The summed E-state index contributed by atoms with van der Waals surface area (Å²) in [6.45, 7) is 1.64. The minimum atomic E-state index is -0.794. The molecule has 0 saturated carbocycles. The van der Waals surface area contributed by atoms with E-state index >= 15 is 0 Å². The molecule has 196 valence electrons. The van der Waals surface area contributed by atoms with E-state index in [2.05, 4.69) is 10.2 Å². The molecule has 3 aromatic rings. The molecule has 0 aliphatic carbocycles. The standard InChI is InChI=1S/C30H32N4O4/c1-38-26-14-12-24(13-15-26)28(36)32-18-16-30(17-19-32)29(37)33(22-34(30)25-10-6-3-7-11-25)21-27(35)31-20-23-8-4-2-5-9-23/h2-15H,16-22H2,1H3,(H,31,35). The van der Waals surface area contributed by atoms with Gasteiger partial charge < -0.3 is 24.8 Å². The number of benzene rings is 3. The maximum absolute atomic E-state index is 13.9. The number of carbonyl (C=O) groups is 3. The molecule has 2 saturated heterocycles. The molecule has 8 heteroatoms. The quantitative estimate of drug-likeness (QED) is 0.526. The maximum Gasteiger partial charge on any atom is 0.253 e. The molecule has 2 aliphatic heterocycles. The summed E-state index contributed by atoms with van der Waals surface area (Å²) in [5, 5.41) is 2.93. The number of nitrogens with one attached hydrogen (secondary N) is 1. The van der Waals surface area contributed by atoms with Crippen molar-refractivity contribution in [2.75, 3.05) is 38.3 Å². The second-order valence-electron chi connectivity index (χ2n) is 9.72. The van der Waals surface area contributed by atoms with Gasteiger partial charge in [0.05, 0.1) is 13.8 Å². The van der Waals surface area contributed by atoms with Crippen LogP contribution in [0.1, 0.15) is 28.8 Å². The summed E-state index contributed by atoms with van der Waals surface area (Å²) < 4.78 is 5.20. The van der Waals surface area contributed by atoms with Gasteiger partial charge in [-0.3, -0.25) is 14.4 Å². The van der Waals surface area contributed by atoms with E-state index in [9.17, 15) is 14.4 Å². The van der Waals surface area contributed by atoms with Crippen molar-refractivity contribution in [2.24, 2.45) is 0 Å². The summed E-state index contributed by atoms with van der Waals surface area (Å²) >= 11 is 0. The average Bonchev–Trinajstić information content (AvgIpc) is 3.23. The smallest absolute Gasteiger partial charge is 0.253 e. The molecule has 1 N–H and O–H groups in total. The van der Waals surface area contributed by atoms with E-state index in [0.29, 0.717) is 50.5 Å². The minimum Gasteiger partial charge on any atom is -0.497 e. The average molecular weight is 513 g/mol. The molecule has 2 heterocycles. The van der Waals surface area contributed by atoms with Crippen molar-refractivity contribution >= 4 is 23.4 Å². The molecule has 3 aromatic carbocycles. The Morgan fingerprint density at radius 2 is 1.53 bits per heavy atom. The molecular formula is C30H32N4O4. The molecular weight excluding hydrogens is 480 g/mol. The fourth-order valence-electron chi connectivity index (χ4n) is 5.34. The predicted molar refractivity (Wildman–Crippen MR) is 145 cm³/mol. The summed E-state index contributed by atoms with van der Waals surface area (Å²) in [6, 6.07) is 26.6. The van der Waals surface area contributed by atoms with Gasteiger partial charge in [0.2, 0.25) is 5.91 Å². The number of likely N-dealkylation sites (tertiary alicyclic amines) is 1. The number of amides is 3. The molecule has 5 rings (SSSR count). The van der Waals surface area contributed by atoms with Crippen molar-refractivity contribution in [1.29, 1.82) is 0 Å². The third-order valence-corrected chi connectivity index (χ3v) is 7.46. The van der Waals surface area contributed by atoms with E-state index in [1.54, 1.807) is 41.2 Å². The van der Waals surface area contributed by atoms with Crippen molar-refractivity contribution < 1.29 is 19.1 Å². The van der Waals surface area contributed by atoms with Crippen molar-refractivity contribution in [2.45, 2.75) is 24.9 Å². The summed E-state index contributed by atoms with van der Waals surface area (Å²) in [4.78, 5) is 45.4. The zero-order chi connectivity index (χ0) is 26.5. The predicted octanol–water partition coefficient (Wildman–Crippen LogP) is 3.29. The van der Waals surface area contributed by atoms with Crippen LogP contribution in [0.3, 0.4) is 0 Å². The second-order valence-corrected chi connectivity index (χ2v) is 9.72. The van der Waals surface area contributed by atoms with Gasteiger partial charge in [-0.1, -0.05) is 48.5 Å². The first-order valence-electron chi connectivity index (χ1n) is 12.9. The molecule has 0 unspecified atom stereocenters. The van der Waals surface area contributed by atoms with Crippen LogP contribution in [0.4, 0.5) is 5.69 Å². The van der Waals surface area contributed by atoms with E-state index in [-0.39, 0.29) is 24.3 Å². The number of anilines is 1. The number of rotatable bonds is 7. The molecule has 3 amide bonds. The van der Waals surface area contributed by atoms with Crippen LogP contribution in [0.15, 0.2) is 84.9 Å². The third kappa shape index (κ3) is 5.07. The van der Waals surface area contributed by atoms with E-state index in [1.165, 1.54) is 0 Å². The summed E-state index contributed by atoms with van der Waals surface area (Å²) in [7, 11) is 1.59. The first-order valence-corrected chi connectivity index (χ1v) is 12.9. The zero-order valence-corrected chi connectivity index (χ0v) is 21.5. The van der Waals surface area contributed by atoms with Gasteiger partial charge in [-0.2, -0.15) is 0 Å². The molecule has 1 spiro atoms. The van der Waals surface area contributed by atoms with Crippen molar-refractivity contribution in [3.8, 4) is 5.75 Å². The highest BCUT2D eigenvalue weighted by Gasteiger charge is 2.54. The normalized spacial score (nSPS) is 16.6. The Morgan fingerprint density at radius 1 is 0.895 bits per heavy atom. The van der Waals surface area contributed by atoms with Crippen LogP contribution in [0.5, 0.6) is 5.75 Å². The maximum atomic E-state index is 13.9. The Hall–Kier alpha value is -4.33. The molecule has 38 heavy (non-hydrogen) atoms. The lowest BCUT2D eigenvalue weighted by Gasteiger charge is -2.43. The molecule has 2 aliphatic rings. The van der Waals surface area contributed by atoms with Crippen LogP contribution < -0.4 is 15.0 Å². The van der Waals surface area contributed by atoms with Crippen LogP contribution >= 0.6 is 0 Å². The Kier molecular flexibility index (Phi) is 7.31. The van der Waals surface area contributed by atoms with Gasteiger partial charge >= 0.3 is 0 Å². The Labute approximate surface area is 222 Å². The summed E-state index contributed by atoms with van der Waals surface area (Å²) in [6.07, 6.45) is 0.982. The highest BCUT2D eigenvalue weighted by Crippen LogP contribution is 2.39. The van der Waals surface area contributed by atoms with E-state index < -0.39 is 5.54 Å². The lowest BCUT2D eigenvalue weighted by Crippen LogP contribution is -2.57. The van der Waals surface area contributed by atoms with Gasteiger partial charge in [-0.05, 0) is 54.8 Å². The number of nitrogens with zero attached hydrogens (tertiary/aromatic N) is 3. The Morgan fingerprint density at radius 3 is 2.16 bits per heavy atom. The number of carbonyl (C=O) groups excluding carboxylic acids is 3. The molecule has 0 bridgehead atoms. The first-order chi connectivity index (χ1) is 18.5. The SMILES string of the molecule is COc1ccc(C(=O)N2CCC3(CC2)C(=O)N(CC(=O)NCc2ccccc2)CN3c2ccccc2)cc1. The lowest BCUT2D eigenvalue weighted by atomic mass is 9.85. The highest BCUT2D eigenvalue weighted by atomic mass is 16.5. The summed E-state index contributed by atoms with van der Waals surface area (Å²) in [5.74, 6) is 0.380. The fraction of sp³-hybridized carbons (Fsp3) is 0.300.